The lowest BCUT2D eigenvalue weighted by molar-refractivity contribution is -0.216. The smallest absolute Gasteiger partial charge is 0.306 e. The summed E-state index contributed by atoms with van der Waals surface area (Å²) in [7, 11) is 0. The van der Waals surface area contributed by atoms with E-state index < -0.39 is 29.9 Å². The van der Waals surface area contributed by atoms with Crippen molar-refractivity contribution in [3.8, 4) is 0 Å². The van der Waals surface area contributed by atoms with E-state index in [9.17, 15) is 19.8 Å². The molecule has 6 aliphatic rings. The molecule has 0 unspecified atom stereocenters. The van der Waals surface area contributed by atoms with Crippen molar-refractivity contribution in [2.75, 3.05) is 0 Å². The first-order chi connectivity index (χ1) is 19.4. The summed E-state index contributed by atoms with van der Waals surface area (Å²) in [5.74, 6) is 0.575. The minimum atomic E-state index is -1.26. The van der Waals surface area contributed by atoms with Crippen LogP contribution in [0.2, 0.25) is 0 Å². The van der Waals surface area contributed by atoms with Crippen LogP contribution in [-0.2, 0) is 23.8 Å². The summed E-state index contributed by atoms with van der Waals surface area (Å²) in [5, 5.41) is 23.4. The highest BCUT2D eigenvalue weighted by Crippen LogP contribution is 2.89. The highest BCUT2D eigenvalue weighted by molar-refractivity contribution is 5.70. The number of aliphatic hydroxyl groups is 2. The number of carbonyl (C=O) groups is 2. The lowest BCUT2D eigenvalue weighted by Crippen LogP contribution is -2.60. The monoisotopic (exact) mass is 586 g/mol. The number of hydrogen-bond acceptors (Lipinski definition) is 7. The normalized spacial score (nSPS) is 51.1. The van der Waals surface area contributed by atoms with Gasteiger partial charge in [0.05, 0.1) is 23.9 Å². The maximum absolute atomic E-state index is 12.4. The lowest BCUT2D eigenvalue weighted by Gasteiger charge is -2.63. The highest BCUT2D eigenvalue weighted by Gasteiger charge is 2.84. The molecule has 0 aromatic rings. The van der Waals surface area contributed by atoms with E-state index in [0.29, 0.717) is 18.3 Å². The minimum absolute atomic E-state index is 0.0790. The molecule has 42 heavy (non-hydrogen) atoms. The van der Waals surface area contributed by atoms with E-state index in [2.05, 4.69) is 34.6 Å². The molecule has 6 rings (SSSR count). The fraction of sp³-hybridized carbons (Fsp3) is 0.914. The van der Waals surface area contributed by atoms with Crippen LogP contribution in [0.5, 0.6) is 0 Å². The van der Waals surface area contributed by atoms with Crippen molar-refractivity contribution in [1.82, 2.24) is 0 Å². The molecule has 7 heteroatoms. The SMILES string of the molecule is [CH]CC(=O)O[C@H]1CC[C@]23C[C@]24CC[C@]2(C)[C@@H]5[C@H](O[C@@H]([C@H](OC(C)=O)C(C)(C)O)C[C@H]5C)[C@H](O)[C@@]2(C)[C@@H]4CC[C@H]3C1(C)C. The summed E-state index contributed by atoms with van der Waals surface area (Å²) < 4.78 is 18.3. The lowest BCUT2D eigenvalue weighted by atomic mass is 9.41. The van der Waals surface area contributed by atoms with Gasteiger partial charge in [-0.05, 0) is 112 Å². The third-order valence-electron chi connectivity index (χ3n) is 14.5. The second-order valence-corrected chi connectivity index (χ2v) is 16.9. The molecule has 6 fully saturated rings. The zero-order valence-electron chi connectivity index (χ0n) is 27.1. The predicted molar refractivity (Wildman–Crippen MR) is 157 cm³/mol. The maximum atomic E-state index is 12.4. The van der Waals surface area contributed by atoms with Crippen LogP contribution in [0.15, 0.2) is 0 Å². The van der Waals surface area contributed by atoms with Gasteiger partial charge in [0.25, 0.3) is 0 Å². The van der Waals surface area contributed by atoms with E-state index in [1.807, 2.05) is 0 Å². The van der Waals surface area contributed by atoms with Crippen molar-refractivity contribution in [2.24, 2.45) is 50.7 Å². The Hall–Kier alpha value is -1.18. The number of carbonyl (C=O) groups excluding carboxylic acids is 2. The number of fused-ring (bicyclic) bond motifs is 4. The van der Waals surface area contributed by atoms with E-state index >= 15 is 0 Å². The van der Waals surface area contributed by atoms with Crippen molar-refractivity contribution in [3.05, 3.63) is 6.92 Å². The molecule has 7 nitrogen and oxygen atoms in total. The van der Waals surface area contributed by atoms with E-state index in [1.54, 1.807) is 13.8 Å². The van der Waals surface area contributed by atoms with Gasteiger partial charge in [0, 0.05) is 24.2 Å². The van der Waals surface area contributed by atoms with Crippen LogP contribution in [0.1, 0.15) is 113 Å². The second-order valence-electron chi connectivity index (χ2n) is 16.9. The van der Waals surface area contributed by atoms with Gasteiger partial charge >= 0.3 is 11.9 Å². The van der Waals surface area contributed by atoms with Crippen LogP contribution in [-0.4, -0.2) is 58.3 Å². The minimum Gasteiger partial charge on any atom is -0.462 e. The van der Waals surface area contributed by atoms with Gasteiger partial charge in [0.1, 0.15) is 6.10 Å². The summed E-state index contributed by atoms with van der Waals surface area (Å²) >= 11 is 0. The average Bonchev–Trinajstić information content (AvgIpc) is 3.52. The molecule has 0 amide bonds. The summed E-state index contributed by atoms with van der Waals surface area (Å²) in [4.78, 5) is 24.2. The topological polar surface area (TPSA) is 102 Å². The van der Waals surface area contributed by atoms with E-state index in [4.69, 9.17) is 21.1 Å². The summed E-state index contributed by atoms with van der Waals surface area (Å²) in [5.41, 5.74) is -1.33. The Bertz CT molecular complexity index is 1130. The molecular weight excluding hydrogens is 532 g/mol. The van der Waals surface area contributed by atoms with Crippen LogP contribution >= 0.6 is 0 Å². The van der Waals surface area contributed by atoms with Crippen molar-refractivity contribution in [2.45, 2.75) is 149 Å². The van der Waals surface area contributed by atoms with Crippen LogP contribution in [0, 0.1) is 57.7 Å². The second kappa shape index (κ2) is 9.42. The molecule has 1 aliphatic heterocycles. The van der Waals surface area contributed by atoms with Gasteiger partial charge in [0.2, 0.25) is 0 Å². The molecule has 0 bridgehead atoms. The highest BCUT2D eigenvalue weighted by atomic mass is 16.6. The van der Waals surface area contributed by atoms with Crippen molar-refractivity contribution >= 4 is 11.9 Å². The van der Waals surface area contributed by atoms with E-state index in [1.165, 1.54) is 19.8 Å². The van der Waals surface area contributed by atoms with Crippen LogP contribution < -0.4 is 0 Å². The zero-order valence-corrected chi connectivity index (χ0v) is 27.1. The molecule has 236 valence electrons. The molecule has 2 radical (unpaired) electrons. The Morgan fingerprint density at radius 3 is 2.31 bits per heavy atom. The quantitative estimate of drug-likeness (QED) is 0.409. The van der Waals surface area contributed by atoms with E-state index in [0.717, 1.165) is 32.1 Å². The third kappa shape index (κ3) is 3.80. The number of rotatable bonds is 5. The first-order valence-electron chi connectivity index (χ1n) is 16.5. The van der Waals surface area contributed by atoms with Gasteiger partial charge in [-0.2, -0.15) is 0 Å². The standard InChI is InChI=1S/C35H54O7/c1-10-25(37)42-24-13-14-34-18-35(34)16-15-32(8)26-19(2)17-21(29(31(6,7)39)40-20(3)36)41-27(26)28(38)33(32,9)23(35)12-11-22(34)30(24,4)5/h1,19,21-24,26-29,38-39H,10-18H2,2-9H3/t19-,21-,22+,23+,24+,26+,27+,28+,29+,32-,33-,34-,35+/m1/s1. The van der Waals surface area contributed by atoms with Crippen molar-refractivity contribution in [1.29, 1.82) is 0 Å². The molecule has 2 N–H and O–H groups in total. The largest absolute Gasteiger partial charge is 0.462 e. The first-order valence-corrected chi connectivity index (χ1v) is 16.5. The maximum Gasteiger partial charge on any atom is 0.306 e. The van der Waals surface area contributed by atoms with Gasteiger partial charge < -0.3 is 24.4 Å². The first kappa shape index (κ1) is 30.8. The average molecular weight is 587 g/mol. The summed E-state index contributed by atoms with van der Waals surface area (Å²) in [6, 6.07) is 0. The van der Waals surface area contributed by atoms with Gasteiger partial charge in [-0.15, -0.1) is 0 Å². The molecule has 0 aromatic carbocycles. The molecule has 13 atom stereocenters. The van der Waals surface area contributed by atoms with Crippen LogP contribution in [0.3, 0.4) is 0 Å². The predicted octanol–water partition coefficient (Wildman–Crippen LogP) is 5.52. The van der Waals surface area contributed by atoms with Crippen LogP contribution in [0.4, 0.5) is 0 Å². The molecular formula is C35H54O7. The Morgan fingerprint density at radius 2 is 1.69 bits per heavy atom. The molecule has 0 aromatic heterocycles. The van der Waals surface area contributed by atoms with Gasteiger partial charge in [-0.3, -0.25) is 9.59 Å². The Kier molecular flexibility index (Phi) is 6.91. The summed E-state index contributed by atoms with van der Waals surface area (Å²) in [6.07, 6.45) is 5.76. The number of ether oxygens (including phenoxy) is 3. The van der Waals surface area contributed by atoms with Crippen molar-refractivity contribution in [3.63, 3.8) is 0 Å². The summed E-state index contributed by atoms with van der Waals surface area (Å²) in [6.45, 7) is 21.9. The number of esters is 2. The third-order valence-corrected chi connectivity index (χ3v) is 14.5. The molecule has 5 aliphatic carbocycles. The Morgan fingerprint density at radius 1 is 1.05 bits per heavy atom. The number of hydrogen-bond donors (Lipinski definition) is 2. The molecule has 1 saturated heterocycles. The van der Waals surface area contributed by atoms with E-state index in [-0.39, 0.29) is 63.5 Å². The molecule has 5 saturated carbocycles. The van der Waals surface area contributed by atoms with Gasteiger partial charge in [-0.25, -0.2) is 0 Å². The molecule has 2 spiro atoms. The van der Waals surface area contributed by atoms with Gasteiger partial charge in [-0.1, -0.05) is 34.6 Å². The fourth-order valence-electron chi connectivity index (χ4n) is 12.8. The Labute approximate surface area is 252 Å². The van der Waals surface area contributed by atoms with Crippen LogP contribution in [0.25, 0.3) is 0 Å². The zero-order chi connectivity index (χ0) is 30.8. The molecule has 1 heterocycles. The fourth-order valence-corrected chi connectivity index (χ4v) is 12.8. The van der Waals surface area contributed by atoms with Crippen molar-refractivity contribution < 1.29 is 34.0 Å². The van der Waals surface area contributed by atoms with Gasteiger partial charge in [0.15, 0.2) is 6.10 Å². The number of aliphatic hydroxyl groups excluding tert-OH is 1. The Balaban J connectivity index is 1.31.